The van der Waals surface area contributed by atoms with Gasteiger partial charge in [-0.15, -0.1) is 11.3 Å². The van der Waals surface area contributed by atoms with E-state index in [-0.39, 0.29) is 17.7 Å². The summed E-state index contributed by atoms with van der Waals surface area (Å²) in [5.41, 5.74) is 4.65. The second-order valence-corrected chi connectivity index (χ2v) is 8.64. The number of amides is 2. The van der Waals surface area contributed by atoms with Gasteiger partial charge in [-0.05, 0) is 61.7 Å². The largest absolute Gasteiger partial charge is 0.321 e. The van der Waals surface area contributed by atoms with Crippen LogP contribution in [-0.2, 0) is 4.79 Å². The molecule has 30 heavy (non-hydrogen) atoms. The first-order chi connectivity index (χ1) is 14.5. The molecular formula is C23H20N4O2S. The Morgan fingerprint density at radius 1 is 1.07 bits per heavy atom. The van der Waals surface area contributed by atoms with E-state index in [1.54, 1.807) is 12.1 Å². The Bertz CT molecular complexity index is 1250. The molecule has 5 rings (SSSR count). The average molecular weight is 417 g/mol. The summed E-state index contributed by atoms with van der Waals surface area (Å²) >= 11 is 1.28. The summed E-state index contributed by atoms with van der Waals surface area (Å²) in [6.07, 6.45) is 5.90. The molecule has 0 aliphatic heterocycles. The van der Waals surface area contributed by atoms with Gasteiger partial charge >= 0.3 is 0 Å². The minimum absolute atomic E-state index is 0.0431. The van der Waals surface area contributed by atoms with Crippen LogP contribution < -0.4 is 10.6 Å². The quantitative estimate of drug-likeness (QED) is 0.482. The third kappa shape index (κ3) is 3.84. The molecule has 7 heteroatoms. The number of benzene rings is 1. The van der Waals surface area contributed by atoms with Gasteiger partial charge in [0.1, 0.15) is 5.65 Å². The van der Waals surface area contributed by atoms with Gasteiger partial charge in [-0.3, -0.25) is 9.59 Å². The Labute approximate surface area is 177 Å². The molecule has 2 amide bonds. The number of rotatable bonds is 5. The number of hydrogen-bond donors (Lipinski definition) is 2. The molecule has 1 aliphatic rings. The maximum absolute atomic E-state index is 12.5. The van der Waals surface area contributed by atoms with E-state index in [0.717, 1.165) is 29.7 Å². The standard InChI is InChI=1S/C23H20N4O2S/c1-14-10-11-27-13-18(25-20(27)12-14)15-4-6-17(7-5-15)24-23(29)19-8-9-21(30-19)26-22(28)16-2-3-16/h4-13,16H,2-3H2,1H3,(H,24,29)(H,26,28). The number of carbonyl (C=O) groups is 2. The van der Waals surface area contributed by atoms with Crippen molar-refractivity contribution in [2.45, 2.75) is 19.8 Å². The van der Waals surface area contributed by atoms with Crippen LogP contribution in [0.25, 0.3) is 16.9 Å². The van der Waals surface area contributed by atoms with Gasteiger partial charge in [0.05, 0.1) is 15.6 Å². The number of anilines is 2. The predicted octanol–water partition coefficient (Wildman–Crippen LogP) is 4.97. The molecule has 1 aliphatic carbocycles. The van der Waals surface area contributed by atoms with Gasteiger partial charge in [0, 0.05) is 29.6 Å². The Balaban J connectivity index is 1.26. The fourth-order valence-electron chi connectivity index (χ4n) is 3.24. The molecule has 150 valence electrons. The molecule has 0 atom stereocenters. The predicted molar refractivity (Wildman–Crippen MR) is 119 cm³/mol. The van der Waals surface area contributed by atoms with Crippen molar-refractivity contribution in [2.24, 2.45) is 5.92 Å². The average Bonchev–Trinajstić information content (AvgIpc) is 3.35. The SMILES string of the molecule is Cc1ccn2cc(-c3ccc(NC(=O)c4ccc(NC(=O)C5CC5)s4)cc3)nc2c1. The first kappa shape index (κ1) is 18.6. The van der Waals surface area contributed by atoms with Crippen LogP contribution in [0.1, 0.15) is 28.1 Å². The summed E-state index contributed by atoms with van der Waals surface area (Å²) in [5, 5.41) is 6.48. The van der Waals surface area contributed by atoms with Gasteiger partial charge in [-0.25, -0.2) is 4.98 Å². The molecule has 1 fully saturated rings. The van der Waals surface area contributed by atoms with E-state index in [0.29, 0.717) is 15.6 Å². The number of nitrogens with zero attached hydrogens (tertiary/aromatic N) is 2. The number of pyridine rings is 1. The van der Waals surface area contributed by atoms with Crippen molar-refractivity contribution >= 4 is 39.5 Å². The van der Waals surface area contributed by atoms with E-state index >= 15 is 0 Å². The number of fused-ring (bicyclic) bond motifs is 1. The van der Waals surface area contributed by atoms with Crippen LogP contribution in [0, 0.1) is 12.8 Å². The highest BCUT2D eigenvalue weighted by atomic mass is 32.1. The minimum atomic E-state index is -0.192. The summed E-state index contributed by atoms with van der Waals surface area (Å²) in [7, 11) is 0. The molecule has 6 nitrogen and oxygen atoms in total. The lowest BCUT2D eigenvalue weighted by atomic mass is 10.1. The van der Waals surface area contributed by atoms with Gasteiger partial charge in [0.2, 0.25) is 5.91 Å². The zero-order chi connectivity index (χ0) is 20.7. The van der Waals surface area contributed by atoms with E-state index in [9.17, 15) is 9.59 Å². The van der Waals surface area contributed by atoms with Crippen LogP contribution in [0.4, 0.5) is 10.7 Å². The van der Waals surface area contributed by atoms with Crippen molar-refractivity contribution in [2.75, 3.05) is 10.6 Å². The summed E-state index contributed by atoms with van der Waals surface area (Å²) in [4.78, 5) is 29.6. The second kappa shape index (κ2) is 7.42. The molecule has 3 aromatic heterocycles. The fraction of sp³-hybridized carbons (Fsp3) is 0.174. The Hall–Kier alpha value is -3.45. The van der Waals surface area contributed by atoms with Crippen molar-refractivity contribution < 1.29 is 9.59 Å². The first-order valence-electron chi connectivity index (χ1n) is 9.83. The molecule has 0 spiro atoms. The summed E-state index contributed by atoms with van der Waals surface area (Å²) < 4.78 is 1.99. The van der Waals surface area contributed by atoms with Crippen molar-refractivity contribution in [3.63, 3.8) is 0 Å². The molecule has 0 radical (unpaired) electrons. The highest BCUT2D eigenvalue weighted by Crippen LogP contribution is 2.32. The summed E-state index contributed by atoms with van der Waals surface area (Å²) in [5.74, 6) is -0.01000. The van der Waals surface area contributed by atoms with Crippen molar-refractivity contribution in [1.82, 2.24) is 9.38 Å². The second-order valence-electron chi connectivity index (χ2n) is 7.55. The maximum Gasteiger partial charge on any atom is 0.265 e. The number of aryl methyl sites for hydroxylation is 1. The molecule has 1 aromatic carbocycles. The molecule has 3 heterocycles. The Morgan fingerprint density at radius 3 is 2.63 bits per heavy atom. The maximum atomic E-state index is 12.5. The lowest BCUT2D eigenvalue weighted by molar-refractivity contribution is -0.117. The van der Waals surface area contributed by atoms with Crippen LogP contribution >= 0.6 is 11.3 Å². The lowest BCUT2D eigenvalue weighted by Gasteiger charge is -2.04. The van der Waals surface area contributed by atoms with E-state index in [4.69, 9.17) is 0 Å². The van der Waals surface area contributed by atoms with Gasteiger partial charge < -0.3 is 15.0 Å². The number of hydrogen-bond acceptors (Lipinski definition) is 4. The molecule has 1 saturated carbocycles. The number of imidazole rings is 1. The minimum Gasteiger partial charge on any atom is -0.321 e. The third-order valence-corrected chi connectivity index (χ3v) is 6.08. The van der Waals surface area contributed by atoms with Crippen molar-refractivity contribution in [1.29, 1.82) is 0 Å². The zero-order valence-corrected chi connectivity index (χ0v) is 17.2. The van der Waals surface area contributed by atoms with Gasteiger partial charge in [-0.2, -0.15) is 0 Å². The van der Waals surface area contributed by atoms with Gasteiger partial charge in [0.25, 0.3) is 5.91 Å². The monoisotopic (exact) mass is 416 g/mol. The number of carbonyl (C=O) groups excluding carboxylic acids is 2. The zero-order valence-electron chi connectivity index (χ0n) is 16.4. The summed E-state index contributed by atoms with van der Waals surface area (Å²) in [6, 6.07) is 15.2. The van der Waals surface area contributed by atoms with Crippen LogP contribution in [-0.4, -0.2) is 21.2 Å². The molecular weight excluding hydrogens is 396 g/mol. The van der Waals surface area contributed by atoms with E-state index in [2.05, 4.69) is 15.6 Å². The van der Waals surface area contributed by atoms with E-state index in [1.807, 2.05) is 60.1 Å². The molecule has 0 bridgehead atoms. The molecule has 0 unspecified atom stereocenters. The molecule has 2 N–H and O–H groups in total. The number of aromatic nitrogens is 2. The van der Waals surface area contributed by atoms with Crippen LogP contribution in [0.5, 0.6) is 0 Å². The van der Waals surface area contributed by atoms with Gasteiger partial charge in [-0.1, -0.05) is 12.1 Å². The smallest absolute Gasteiger partial charge is 0.265 e. The summed E-state index contributed by atoms with van der Waals surface area (Å²) in [6.45, 7) is 2.05. The lowest BCUT2D eigenvalue weighted by Crippen LogP contribution is -2.12. The molecule has 0 saturated heterocycles. The highest BCUT2D eigenvalue weighted by molar-refractivity contribution is 7.18. The molecule has 4 aromatic rings. The van der Waals surface area contributed by atoms with E-state index in [1.165, 1.54) is 16.9 Å². The van der Waals surface area contributed by atoms with Crippen molar-refractivity contribution in [3.8, 4) is 11.3 Å². The van der Waals surface area contributed by atoms with Gasteiger partial charge in [0.15, 0.2) is 0 Å². The fourth-order valence-corrected chi connectivity index (χ4v) is 4.04. The van der Waals surface area contributed by atoms with Crippen molar-refractivity contribution in [3.05, 3.63) is 71.4 Å². The Morgan fingerprint density at radius 2 is 1.87 bits per heavy atom. The van der Waals surface area contributed by atoms with E-state index < -0.39 is 0 Å². The number of nitrogens with one attached hydrogen (secondary N) is 2. The Kier molecular flexibility index (Phi) is 4.59. The number of thiophene rings is 1. The van der Waals surface area contributed by atoms with Crippen LogP contribution in [0.15, 0.2) is 60.9 Å². The topological polar surface area (TPSA) is 75.5 Å². The van der Waals surface area contributed by atoms with Crippen LogP contribution in [0.3, 0.4) is 0 Å². The van der Waals surface area contributed by atoms with Crippen LogP contribution in [0.2, 0.25) is 0 Å². The third-order valence-electron chi connectivity index (χ3n) is 5.08. The first-order valence-corrected chi connectivity index (χ1v) is 10.6. The highest BCUT2D eigenvalue weighted by Gasteiger charge is 2.29. The normalized spacial score (nSPS) is 13.4.